The highest BCUT2D eigenvalue weighted by Crippen LogP contribution is 2.33. The average molecular weight is 247 g/mol. The summed E-state index contributed by atoms with van der Waals surface area (Å²) < 4.78 is 0. The molecule has 100 valence electrons. The molecule has 1 aromatic carbocycles. The van der Waals surface area contributed by atoms with Crippen LogP contribution in [0.25, 0.3) is 0 Å². The Kier molecular flexibility index (Phi) is 4.41. The Morgan fingerprint density at radius 3 is 2.94 bits per heavy atom. The van der Waals surface area contributed by atoms with E-state index in [4.69, 9.17) is 0 Å². The molecule has 2 rings (SSSR count). The van der Waals surface area contributed by atoms with E-state index >= 15 is 0 Å². The molecule has 2 atom stereocenters. The maximum atomic E-state index is 10.9. The van der Waals surface area contributed by atoms with Crippen molar-refractivity contribution >= 4 is 0 Å². The average Bonchev–Trinajstić information content (AvgIpc) is 2.40. The second-order valence-electron chi connectivity index (χ2n) is 5.64. The predicted octanol–water partition coefficient (Wildman–Crippen LogP) is 2.85. The summed E-state index contributed by atoms with van der Waals surface area (Å²) >= 11 is 0. The van der Waals surface area contributed by atoms with Gasteiger partial charge in [-0.25, -0.2) is 0 Å². The van der Waals surface area contributed by atoms with Crippen LogP contribution in [0.2, 0.25) is 0 Å². The van der Waals surface area contributed by atoms with E-state index in [2.05, 4.69) is 36.5 Å². The minimum Gasteiger partial charge on any atom is -0.385 e. The van der Waals surface area contributed by atoms with Crippen molar-refractivity contribution in [2.45, 2.75) is 45.1 Å². The molecule has 0 spiro atoms. The zero-order chi connectivity index (χ0) is 13.0. The molecular weight excluding hydrogens is 222 g/mol. The summed E-state index contributed by atoms with van der Waals surface area (Å²) in [5.74, 6) is 0.322. The molecular formula is C16H25NO. The highest BCUT2D eigenvalue weighted by atomic mass is 16.3. The number of nitrogens with one attached hydrogen (secondary N) is 1. The summed E-state index contributed by atoms with van der Waals surface area (Å²) in [5.41, 5.74) is 1.69. The first-order valence-corrected chi connectivity index (χ1v) is 7.17. The smallest absolute Gasteiger partial charge is 0.0908 e. The quantitative estimate of drug-likeness (QED) is 0.857. The molecule has 0 saturated carbocycles. The van der Waals surface area contributed by atoms with Gasteiger partial charge in [0.1, 0.15) is 0 Å². The van der Waals surface area contributed by atoms with Gasteiger partial charge in [0.2, 0.25) is 0 Å². The lowest BCUT2D eigenvalue weighted by atomic mass is 9.78. The van der Waals surface area contributed by atoms with Crippen LogP contribution in [0.5, 0.6) is 0 Å². The highest BCUT2D eigenvalue weighted by molar-refractivity contribution is 5.28. The Morgan fingerprint density at radius 1 is 1.44 bits per heavy atom. The molecule has 1 heterocycles. The van der Waals surface area contributed by atoms with E-state index in [9.17, 15) is 5.11 Å². The van der Waals surface area contributed by atoms with Crippen molar-refractivity contribution in [2.24, 2.45) is 5.92 Å². The molecule has 0 radical (unpaired) electrons. The molecule has 2 nitrogen and oxygen atoms in total. The van der Waals surface area contributed by atoms with Gasteiger partial charge in [0.25, 0.3) is 0 Å². The van der Waals surface area contributed by atoms with Crippen molar-refractivity contribution in [3.8, 4) is 0 Å². The van der Waals surface area contributed by atoms with Crippen LogP contribution in [-0.2, 0) is 12.0 Å². The third kappa shape index (κ3) is 2.93. The zero-order valence-electron chi connectivity index (χ0n) is 11.6. The number of hydrogen-bond acceptors (Lipinski definition) is 2. The summed E-state index contributed by atoms with van der Waals surface area (Å²) in [5, 5.41) is 14.3. The monoisotopic (exact) mass is 247 g/mol. The van der Waals surface area contributed by atoms with E-state index in [1.807, 2.05) is 6.92 Å². The zero-order valence-corrected chi connectivity index (χ0v) is 11.6. The molecule has 0 aromatic heterocycles. The Labute approximate surface area is 110 Å². The van der Waals surface area contributed by atoms with Gasteiger partial charge in [-0.15, -0.1) is 0 Å². The lowest BCUT2D eigenvalue weighted by molar-refractivity contribution is -0.0157. The van der Waals surface area contributed by atoms with Crippen LogP contribution in [0, 0.1) is 5.92 Å². The van der Waals surface area contributed by atoms with Gasteiger partial charge >= 0.3 is 0 Å². The summed E-state index contributed by atoms with van der Waals surface area (Å²) in [7, 11) is 0. The third-order valence-electron chi connectivity index (χ3n) is 4.14. The fraction of sp³-hybridized carbons (Fsp3) is 0.625. The molecule has 2 N–H and O–H groups in total. The molecule has 1 fully saturated rings. The Morgan fingerprint density at radius 2 is 2.28 bits per heavy atom. The van der Waals surface area contributed by atoms with Crippen molar-refractivity contribution in [2.75, 3.05) is 13.1 Å². The van der Waals surface area contributed by atoms with Crippen LogP contribution >= 0.6 is 0 Å². The van der Waals surface area contributed by atoms with Gasteiger partial charge in [0, 0.05) is 12.5 Å². The van der Waals surface area contributed by atoms with Gasteiger partial charge in [-0.05, 0) is 43.9 Å². The first kappa shape index (κ1) is 13.6. The Balaban J connectivity index is 2.19. The Hall–Kier alpha value is -0.860. The van der Waals surface area contributed by atoms with E-state index in [-0.39, 0.29) is 0 Å². The standard InChI is InChI=1S/C16H25NO/c1-3-6-13-7-4-8-14(11-13)16(2,18)15-9-5-10-17-12-15/h4,7-8,11,15,17-18H,3,5-6,9-10,12H2,1-2H3. The maximum Gasteiger partial charge on any atom is 0.0908 e. The number of hydrogen-bond donors (Lipinski definition) is 2. The van der Waals surface area contributed by atoms with Crippen LogP contribution in [0.1, 0.15) is 44.2 Å². The van der Waals surface area contributed by atoms with Crippen LogP contribution in [0.4, 0.5) is 0 Å². The van der Waals surface area contributed by atoms with Gasteiger partial charge in [-0.1, -0.05) is 37.6 Å². The van der Waals surface area contributed by atoms with Crippen molar-refractivity contribution in [1.29, 1.82) is 0 Å². The molecule has 0 amide bonds. The predicted molar refractivity (Wildman–Crippen MR) is 75.6 cm³/mol. The molecule has 2 unspecified atom stereocenters. The summed E-state index contributed by atoms with van der Waals surface area (Å²) in [6.45, 7) is 6.17. The molecule has 0 bridgehead atoms. The van der Waals surface area contributed by atoms with Crippen LogP contribution in [0.3, 0.4) is 0 Å². The van der Waals surface area contributed by atoms with Gasteiger partial charge in [-0.2, -0.15) is 0 Å². The lowest BCUT2D eigenvalue weighted by Crippen LogP contribution is -2.42. The van der Waals surface area contributed by atoms with Crippen LogP contribution < -0.4 is 5.32 Å². The third-order valence-corrected chi connectivity index (χ3v) is 4.14. The molecule has 1 aromatic rings. The topological polar surface area (TPSA) is 32.3 Å². The first-order chi connectivity index (χ1) is 8.64. The minimum absolute atomic E-state index is 0.322. The van der Waals surface area contributed by atoms with E-state index in [1.165, 1.54) is 5.56 Å². The van der Waals surface area contributed by atoms with E-state index in [0.717, 1.165) is 44.3 Å². The number of aryl methyl sites for hydroxylation is 1. The lowest BCUT2D eigenvalue weighted by Gasteiger charge is -2.36. The molecule has 0 aliphatic carbocycles. The number of benzene rings is 1. The van der Waals surface area contributed by atoms with Crippen LogP contribution in [-0.4, -0.2) is 18.2 Å². The molecule has 2 heteroatoms. The first-order valence-electron chi connectivity index (χ1n) is 7.17. The second kappa shape index (κ2) is 5.85. The second-order valence-corrected chi connectivity index (χ2v) is 5.64. The van der Waals surface area contributed by atoms with Gasteiger partial charge in [0.05, 0.1) is 5.60 Å². The van der Waals surface area contributed by atoms with Crippen molar-refractivity contribution in [3.63, 3.8) is 0 Å². The van der Waals surface area contributed by atoms with Crippen molar-refractivity contribution < 1.29 is 5.11 Å². The van der Waals surface area contributed by atoms with E-state index < -0.39 is 5.60 Å². The fourth-order valence-electron chi connectivity index (χ4n) is 2.90. The summed E-state index contributed by atoms with van der Waals surface area (Å²) in [6.07, 6.45) is 4.51. The van der Waals surface area contributed by atoms with Crippen molar-refractivity contribution in [1.82, 2.24) is 5.32 Å². The number of aliphatic hydroxyl groups is 1. The van der Waals surface area contributed by atoms with Gasteiger partial charge in [-0.3, -0.25) is 0 Å². The Bertz CT molecular complexity index is 380. The van der Waals surface area contributed by atoms with E-state index in [0.29, 0.717) is 5.92 Å². The molecule has 1 aliphatic heterocycles. The maximum absolute atomic E-state index is 10.9. The highest BCUT2D eigenvalue weighted by Gasteiger charge is 2.34. The van der Waals surface area contributed by atoms with Crippen LogP contribution in [0.15, 0.2) is 24.3 Å². The molecule has 1 saturated heterocycles. The normalized spacial score (nSPS) is 23.6. The number of rotatable bonds is 4. The molecule has 18 heavy (non-hydrogen) atoms. The van der Waals surface area contributed by atoms with Gasteiger partial charge in [0.15, 0.2) is 0 Å². The SMILES string of the molecule is CCCc1cccc(C(C)(O)C2CCCNC2)c1. The van der Waals surface area contributed by atoms with E-state index in [1.54, 1.807) is 0 Å². The van der Waals surface area contributed by atoms with Crippen molar-refractivity contribution in [3.05, 3.63) is 35.4 Å². The number of piperidine rings is 1. The summed E-state index contributed by atoms with van der Waals surface area (Å²) in [6, 6.07) is 8.47. The largest absolute Gasteiger partial charge is 0.385 e. The minimum atomic E-state index is -0.711. The fourth-order valence-corrected chi connectivity index (χ4v) is 2.90. The molecule has 1 aliphatic rings. The summed E-state index contributed by atoms with van der Waals surface area (Å²) in [4.78, 5) is 0. The van der Waals surface area contributed by atoms with Gasteiger partial charge < -0.3 is 10.4 Å².